The Morgan fingerprint density at radius 2 is 2.38 bits per heavy atom. The van der Waals surface area contributed by atoms with E-state index in [1.165, 1.54) is 0 Å². The number of Topliss-reactive ketones (excluding diaryl/α,β-unsaturated/α-hetero) is 1. The van der Waals surface area contributed by atoms with Gasteiger partial charge in [0.05, 0.1) is 0 Å². The number of nitrogens with zero attached hydrogens (tertiary/aromatic N) is 1. The highest BCUT2D eigenvalue weighted by atomic mass is 16.5. The van der Waals surface area contributed by atoms with Gasteiger partial charge in [-0.3, -0.25) is 9.78 Å². The van der Waals surface area contributed by atoms with E-state index >= 15 is 0 Å². The van der Waals surface area contributed by atoms with Crippen LogP contribution in [0, 0.1) is 6.92 Å². The average molecular weight is 179 g/mol. The predicted molar refractivity (Wildman–Crippen MR) is 49.8 cm³/mol. The highest BCUT2D eigenvalue weighted by molar-refractivity contribution is 5.98. The van der Waals surface area contributed by atoms with Gasteiger partial charge in [0.25, 0.3) is 0 Å². The molecule has 0 saturated heterocycles. The minimum atomic E-state index is -0.00699. The first-order chi connectivity index (χ1) is 6.25. The number of carbonyl (C=O) groups excluding carboxylic acids is 1. The van der Waals surface area contributed by atoms with Crippen molar-refractivity contribution in [2.75, 3.05) is 13.2 Å². The minimum absolute atomic E-state index is 0.00699. The van der Waals surface area contributed by atoms with Crippen LogP contribution in [0.15, 0.2) is 18.5 Å². The van der Waals surface area contributed by atoms with Crippen molar-refractivity contribution in [3.8, 4) is 0 Å². The Hall–Kier alpha value is -1.22. The summed E-state index contributed by atoms with van der Waals surface area (Å²) in [6, 6.07) is 1.82. The lowest BCUT2D eigenvalue weighted by Gasteiger charge is -2.03. The van der Waals surface area contributed by atoms with Crippen LogP contribution in [-0.4, -0.2) is 24.0 Å². The first-order valence-corrected chi connectivity index (χ1v) is 4.27. The van der Waals surface area contributed by atoms with Crippen molar-refractivity contribution in [2.24, 2.45) is 0 Å². The maximum Gasteiger partial charge on any atom is 0.190 e. The predicted octanol–water partition coefficient (Wildman–Crippen LogP) is 1.61. The highest BCUT2D eigenvalue weighted by Gasteiger charge is 2.07. The number of ketones is 1. The number of hydrogen-bond acceptors (Lipinski definition) is 3. The van der Waals surface area contributed by atoms with E-state index in [9.17, 15) is 4.79 Å². The van der Waals surface area contributed by atoms with Gasteiger partial charge in [0.2, 0.25) is 0 Å². The maximum atomic E-state index is 11.5. The van der Waals surface area contributed by atoms with E-state index in [0.717, 1.165) is 5.56 Å². The number of rotatable bonds is 4. The number of carbonyl (C=O) groups is 1. The van der Waals surface area contributed by atoms with Crippen LogP contribution in [0.2, 0.25) is 0 Å². The lowest BCUT2D eigenvalue weighted by Crippen LogP contribution is -2.10. The number of aromatic nitrogens is 1. The quantitative estimate of drug-likeness (QED) is 0.659. The van der Waals surface area contributed by atoms with Gasteiger partial charge in [-0.25, -0.2) is 0 Å². The standard InChI is InChI=1S/C10H13NO2/c1-3-13-7-10(12)9-6-11-5-4-8(9)2/h4-6H,3,7H2,1-2H3. The molecule has 0 spiro atoms. The van der Waals surface area contributed by atoms with E-state index in [-0.39, 0.29) is 12.4 Å². The molecule has 0 amide bonds. The summed E-state index contributed by atoms with van der Waals surface area (Å²) < 4.78 is 5.03. The SMILES string of the molecule is CCOCC(=O)c1cnccc1C. The molecule has 1 aromatic rings. The molecule has 13 heavy (non-hydrogen) atoms. The second-order valence-electron chi connectivity index (χ2n) is 2.75. The summed E-state index contributed by atoms with van der Waals surface area (Å²) in [5, 5.41) is 0. The molecule has 1 heterocycles. The number of aryl methyl sites for hydroxylation is 1. The largest absolute Gasteiger partial charge is 0.374 e. The molecule has 1 rings (SSSR count). The fourth-order valence-corrected chi connectivity index (χ4v) is 1.03. The van der Waals surface area contributed by atoms with E-state index in [1.54, 1.807) is 12.4 Å². The summed E-state index contributed by atoms with van der Waals surface area (Å²) in [7, 11) is 0. The average Bonchev–Trinajstić information content (AvgIpc) is 2.15. The number of hydrogen-bond donors (Lipinski definition) is 0. The van der Waals surface area contributed by atoms with Crippen molar-refractivity contribution in [3.05, 3.63) is 29.6 Å². The van der Waals surface area contributed by atoms with Gasteiger partial charge >= 0.3 is 0 Å². The molecule has 0 aliphatic heterocycles. The first kappa shape index (κ1) is 9.86. The third kappa shape index (κ3) is 2.63. The monoisotopic (exact) mass is 179 g/mol. The van der Waals surface area contributed by atoms with E-state index < -0.39 is 0 Å². The van der Waals surface area contributed by atoms with Gasteiger partial charge in [0.15, 0.2) is 5.78 Å². The summed E-state index contributed by atoms with van der Waals surface area (Å²) >= 11 is 0. The van der Waals surface area contributed by atoms with Crippen molar-refractivity contribution >= 4 is 5.78 Å². The molecule has 1 aromatic heterocycles. The van der Waals surface area contributed by atoms with E-state index in [0.29, 0.717) is 12.2 Å². The Labute approximate surface area is 77.8 Å². The zero-order valence-corrected chi connectivity index (χ0v) is 7.91. The first-order valence-electron chi connectivity index (χ1n) is 4.27. The van der Waals surface area contributed by atoms with Crippen molar-refractivity contribution in [1.29, 1.82) is 0 Å². The Kier molecular flexibility index (Phi) is 3.58. The van der Waals surface area contributed by atoms with Gasteiger partial charge in [0.1, 0.15) is 6.61 Å². The van der Waals surface area contributed by atoms with Crippen LogP contribution in [-0.2, 0) is 4.74 Å². The third-order valence-corrected chi connectivity index (χ3v) is 1.78. The molecule has 0 atom stereocenters. The van der Waals surface area contributed by atoms with E-state index in [1.807, 2.05) is 19.9 Å². The topological polar surface area (TPSA) is 39.2 Å². The number of pyridine rings is 1. The normalized spacial score (nSPS) is 10.0. The van der Waals surface area contributed by atoms with Crippen molar-refractivity contribution in [1.82, 2.24) is 4.98 Å². The Morgan fingerprint density at radius 1 is 1.62 bits per heavy atom. The van der Waals surface area contributed by atoms with Crippen LogP contribution in [0.4, 0.5) is 0 Å². The van der Waals surface area contributed by atoms with Crippen LogP contribution < -0.4 is 0 Å². The summed E-state index contributed by atoms with van der Waals surface area (Å²) in [4.78, 5) is 15.4. The van der Waals surface area contributed by atoms with Gasteiger partial charge in [-0.15, -0.1) is 0 Å². The van der Waals surface area contributed by atoms with Crippen LogP contribution >= 0.6 is 0 Å². The summed E-state index contributed by atoms with van der Waals surface area (Å²) in [6.45, 7) is 4.46. The minimum Gasteiger partial charge on any atom is -0.374 e. The molecule has 0 fully saturated rings. The van der Waals surface area contributed by atoms with Crippen molar-refractivity contribution < 1.29 is 9.53 Å². The van der Waals surface area contributed by atoms with Crippen molar-refractivity contribution in [2.45, 2.75) is 13.8 Å². The lowest BCUT2D eigenvalue weighted by atomic mass is 10.1. The summed E-state index contributed by atoms with van der Waals surface area (Å²) in [5.41, 5.74) is 1.59. The lowest BCUT2D eigenvalue weighted by molar-refractivity contribution is 0.0782. The van der Waals surface area contributed by atoms with Crippen molar-refractivity contribution in [3.63, 3.8) is 0 Å². The van der Waals surface area contributed by atoms with Gasteiger partial charge in [-0.1, -0.05) is 0 Å². The molecule has 3 heteroatoms. The third-order valence-electron chi connectivity index (χ3n) is 1.78. The fourth-order valence-electron chi connectivity index (χ4n) is 1.03. The molecular weight excluding hydrogens is 166 g/mol. The Balaban J connectivity index is 2.71. The summed E-state index contributed by atoms with van der Waals surface area (Å²) in [5.74, 6) is -0.00699. The molecular formula is C10H13NO2. The van der Waals surface area contributed by atoms with Gasteiger partial charge < -0.3 is 4.74 Å². The Morgan fingerprint density at radius 3 is 3.00 bits per heavy atom. The maximum absolute atomic E-state index is 11.5. The van der Waals surface area contributed by atoms with Gasteiger partial charge in [0, 0.05) is 24.6 Å². The molecule has 0 saturated carbocycles. The molecule has 0 aliphatic carbocycles. The molecule has 0 N–H and O–H groups in total. The number of ether oxygens (including phenoxy) is 1. The van der Waals surface area contributed by atoms with Crippen LogP contribution in [0.5, 0.6) is 0 Å². The van der Waals surface area contributed by atoms with Gasteiger partial charge in [-0.05, 0) is 25.5 Å². The second kappa shape index (κ2) is 4.72. The molecule has 0 aliphatic rings. The molecule has 70 valence electrons. The molecule has 0 unspecified atom stereocenters. The zero-order valence-electron chi connectivity index (χ0n) is 7.91. The second-order valence-corrected chi connectivity index (χ2v) is 2.75. The van der Waals surface area contributed by atoms with E-state index in [4.69, 9.17) is 4.74 Å². The van der Waals surface area contributed by atoms with Gasteiger partial charge in [-0.2, -0.15) is 0 Å². The highest BCUT2D eigenvalue weighted by Crippen LogP contribution is 2.05. The molecule has 0 radical (unpaired) electrons. The van der Waals surface area contributed by atoms with Crippen LogP contribution in [0.25, 0.3) is 0 Å². The smallest absolute Gasteiger partial charge is 0.190 e. The zero-order chi connectivity index (χ0) is 9.68. The molecule has 0 aromatic carbocycles. The van der Waals surface area contributed by atoms with E-state index in [2.05, 4.69) is 4.98 Å². The van der Waals surface area contributed by atoms with Crippen LogP contribution in [0.3, 0.4) is 0 Å². The molecule has 3 nitrogen and oxygen atoms in total. The Bertz CT molecular complexity index is 297. The fraction of sp³-hybridized carbons (Fsp3) is 0.400. The van der Waals surface area contributed by atoms with Crippen LogP contribution in [0.1, 0.15) is 22.8 Å². The molecule has 0 bridgehead atoms. The summed E-state index contributed by atoms with van der Waals surface area (Å²) in [6.07, 6.45) is 3.25.